The fourth-order valence-corrected chi connectivity index (χ4v) is 2.52. The van der Waals surface area contributed by atoms with Crippen molar-refractivity contribution in [2.45, 2.75) is 13.3 Å². The topological polar surface area (TPSA) is 42.0 Å². The molecule has 0 aliphatic carbocycles. The summed E-state index contributed by atoms with van der Waals surface area (Å²) in [7, 11) is 1.73. The van der Waals surface area contributed by atoms with E-state index in [1.807, 2.05) is 36.1 Å². The molecular formula is C17H26N2O3. The molecule has 1 heterocycles. The van der Waals surface area contributed by atoms with Gasteiger partial charge in [0.05, 0.1) is 0 Å². The summed E-state index contributed by atoms with van der Waals surface area (Å²) in [6.07, 6.45) is 1.04. The second kappa shape index (κ2) is 8.76. The van der Waals surface area contributed by atoms with E-state index in [0.29, 0.717) is 0 Å². The van der Waals surface area contributed by atoms with Gasteiger partial charge in [0, 0.05) is 46.4 Å². The number of carbonyl (C=O) groups is 1. The van der Waals surface area contributed by atoms with Crippen LogP contribution in [0.1, 0.15) is 12.0 Å². The Morgan fingerprint density at radius 1 is 1.14 bits per heavy atom. The van der Waals surface area contributed by atoms with E-state index < -0.39 is 0 Å². The Morgan fingerprint density at radius 3 is 2.45 bits per heavy atom. The summed E-state index contributed by atoms with van der Waals surface area (Å²) in [6, 6.07) is 7.77. The molecule has 1 fully saturated rings. The highest BCUT2D eigenvalue weighted by molar-refractivity contribution is 5.77. The number of benzene rings is 1. The lowest BCUT2D eigenvalue weighted by Gasteiger charge is -2.34. The zero-order chi connectivity index (χ0) is 15.8. The normalized spacial score (nSPS) is 15.8. The molecule has 5 heteroatoms. The summed E-state index contributed by atoms with van der Waals surface area (Å²) >= 11 is 0. The molecule has 0 saturated carbocycles. The van der Waals surface area contributed by atoms with Gasteiger partial charge in [-0.1, -0.05) is 17.7 Å². The van der Waals surface area contributed by atoms with Crippen molar-refractivity contribution in [3.8, 4) is 5.75 Å². The fourth-order valence-electron chi connectivity index (χ4n) is 2.52. The van der Waals surface area contributed by atoms with E-state index in [9.17, 15) is 4.79 Å². The molecule has 1 aromatic carbocycles. The molecule has 1 aromatic rings. The number of hydrogen-bond acceptors (Lipinski definition) is 4. The van der Waals surface area contributed by atoms with E-state index in [1.54, 1.807) is 7.11 Å². The van der Waals surface area contributed by atoms with Gasteiger partial charge in [0.15, 0.2) is 6.61 Å². The third-order valence-electron chi connectivity index (χ3n) is 3.93. The number of carbonyl (C=O) groups excluding carboxylic acids is 1. The maximum Gasteiger partial charge on any atom is 0.260 e. The van der Waals surface area contributed by atoms with Crippen molar-refractivity contribution < 1.29 is 14.3 Å². The zero-order valence-corrected chi connectivity index (χ0v) is 13.6. The van der Waals surface area contributed by atoms with E-state index in [1.165, 1.54) is 5.56 Å². The molecule has 122 valence electrons. The molecule has 0 spiro atoms. The standard InChI is InChI=1S/C17H26N2O3/c1-15-4-6-16(7-5-15)22-14-17(20)19-11-9-18(10-12-19)8-3-13-21-2/h4-7H,3,8-14H2,1-2H3. The molecule has 0 N–H and O–H groups in total. The third-order valence-corrected chi connectivity index (χ3v) is 3.93. The van der Waals surface area contributed by atoms with Crippen molar-refractivity contribution in [1.82, 2.24) is 9.80 Å². The number of hydrogen-bond donors (Lipinski definition) is 0. The Kier molecular flexibility index (Phi) is 6.68. The van der Waals surface area contributed by atoms with Crippen molar-refractivity contribution >= 4 is 5.91 Å². The lowest BCUT2D eigenvalue weighted by atomic mass is 10.2. The predicted octanol–water partition coefficient (Wildman–Crippen LogP) is 1.55. The number of nitrogens with zero attached hydrogens (tertiary/aromatic N) is 2. The molecule has 0 atom stereocenters. The van der Waals surface area contributed by atoms with E-state index >= 15 is 0 Å². The number of rotatable bonds is 7. The van der Waals surface area contributed by atoms with Gasteiger partial charge in [-0.3, -0.25) is 9.69 Å². The minimum atomic E-state index is 0.0668. The van der Waals surface area contributed by atoms with E-state index in [4.69, 9.17) is 9.47 Å². The molecule has 1 saturated heterocycles. The Bertz CT molecular complexity index is 453. The fraction of sp³-hybridized carbons (Fsp3) is 0.588. The smallest absolute Gasteiger partial charge is 0.260 e. The van der Waals surface area contributed by atoms with Gasteiger partial charge in [-0.25, -0.2) is 0 Å². The SMILES string of the molecule is COCCCN1CCN(C(=O)COc2ccc(C)cc2)CC1. The maximum atomic E-state index is 12.2. The minimum Gasteiger partial charge on any atom is -0.484 e. The van der Waals surface area contributed by atoms with Gasteiger partial charge >= 0.3 is 0 Å². The number of ether oxygens (including phenoxy) is 2. The van der Waals surface area contributed by atoms with E-state index in [-0.39, 0.29) is 12.5 Å². The Labute approximate surface area is 132 Å². The molecule has 22 heavy (non-hydrogen) atoms. The Hall–Kier alpha value is -1.59. The average Bonchev–Trinajstić information content (AvgIpc) is 2.55. The molecule has 2 rings (SSSR count). The molecule has 1 amide bonds. The lowest BCUT2D eigenvalue weighted by molar-refractivity contribution is -0.135. The highest BCUT2D eigenvalue weighted by Crippen LogP contribution is 2.12. The van der Waals surface area contributed by atoms with Crippen LogP contribution in [0.4, 0.5) is 0 Å². The van der Waals surface area contributed by atoms with Crippen LogP contribution in [-0.4, -0.2) is 68.8 Å². The van der Waals surface area contributed by atoms with Gasteiger partial charge in [-0.2, -0.15) is 0 Å². The van der Waals surface area contributed by atoms with Gasteiger partial charge in [0.1, 0.15) is 5.75 Å². The third kappa shape index (κ3) is 5.31. The van der Waals surface area contributed by atoms with Crippen LogP contribution < -0.4 is 4.74 Å². The van der Waals surface area contributed by atoms with Gasteiger partial charge in [0.2, 0.25) is 0 Å². The van der Waals surface area contributed by atoms with E-state index in [2.05, 4.69) is 4.90 Å². The Balaban J connectivity index is 1.67. The molecule has 0 aromatic heterocycles. The highest BCUT2D eigenvalue weighted by Gasteiger charge is 2.20. The van der Waals surface area contributed by atoms with Crippen LogP contribution in [0.15, 0.2) is 24.3 Å². The second-order valence-corrected chi connectivity index (χ2v) is 5.67. The molecule has 0 unspecified atom stereocenters. The highest BCUT2D eigenvalue weighted by atomic mass is 16.5. The van der Waals surface area contributed by atoms with Crippen molar-refractivity contribution in [3.63, 3.8) is 0 Å². The summed E-state index contributed by atoms with van der Waals surface area (Å²) in [5.74, 6) is 0.814. The van der Waals surface area contributed by atoms with Crippen LogP contribution in [0.25, 0.3) is 0 Å². The first-order chi connectivity index (χ1) is 10.7. The molecule has 1 aliphatic rings. The van der Waals surface area contributed by atoms with Crippen LogP contribution in [-0.2, 0) is 9.53 Å². The molecule has 1 aliphatic heterocycles. The van der Waals surface area contributed by atoms with Crippen LogP contribution in [0, 0.1) is 6.92 Å². The maximum absolute atomic E-state index is 12.2. The molecular weight excluding hydrogens is 280 g/mol. The monoisotopic (exact) mass is 306 g/mol. The molecule has 0 radical (unpaired) electrons. The molecule has 0 bridgehead atoms. The van der Waals surface area contributed by atoms with Gasteiger partial charge in [-0.15, -0.1) is 0 Å². The van der Waals surface area contributed by atoms with Gasteiger partial charge < -0.3 is 14.4 Å². The summed E-state index contributed by atoms with van der Waals surface area (Å²) in [4.78, 5) is 16.4. The summed E-state index contributed by atoms with van der Waals surface area (Å²) in [6.45, 7) is 7.40. The summed E-state index contributed by atoms with van der Waals surface area (Å²) in [5.41, 5.74) is 1.18. The predicted molar refractivity (Wildman–Crippen MR) is 86.2 cm³/mol. The van der Waals surface area contributed by atoms with Gasteiger partial charge in [-0.05, 0) is 25.5 Å². The number of aryl methyl sites for hydroxylation is 1. The van der Waals surface area contributed by atoms with Crippen LogP contribution >= 0.6 is 0 Å². The largest absolute Gasteiger partial charge is 0.484 e. The van der Waals surface area contributed by atoms with E-state index in [0.717, 1.165) is 51.5 Å². The lowest BCUT2D eigenvalue weighted by Crippen LogP contribution is -2.50. The summed E-state index contributed by atoms with van der Waals surface area (Å²) < 4.78 is 10.6. The first kappa shape index (κ1) is 16.8. The second-order valence-electron chi connectivity index (χ2n) is 5.67. The first-order valence-corrected chi connectivity index (χ1v) is 7.87. The first-order valence-electron chi connectivity index (χ1n) is 7.87. The quantitative estimate of drug-likeness (QED) is 0.717. The molecule has 5 nitrogen and oxygen atoms in total. The number of piperazine rings is 1. The van der Waals surface area contributed by atoms with Gasteiger partial charge in [0.25, 0.3) is 5.91 Å². The van der Waals surface area contributed by atoms with Crippen molar-refractivity contribution in [3.05, 3.63) is 29.8 Å². The minimum absolute atomic E-state index is 0.0668. The van der Waals surface area contributed by atoms with Crippen LogP contribution in [0.2, 0.25) is 0 Å². The van der Waals surface area contributed by atoms with Crippen LogP contribution in [0.5, 0.6) is 5.75 Å². The number of methoxy groups -OCH3 is 1. The Morgan fingerprint density at radius 2 is 1.82 bits per heavy atom. The van der Waals surface area contributed by atoms with Crippen LogP contribution in [0.3, 0.4) is 0 Å². The van der Waals surface area contributed by atoms with Crippen molar-refractivity contribution in [1.29, 1.82) is 0 Å². The average molecular weight is 306 g/mol. The number of amides is 1. The zero-order valence-electron chi connectivity index (χ0n) is 13.6. The summed E-state index contributed by atoms with van der Waals surface area (Å²) in [5, 5.41) is 0. The van der Waals surface area contributed by atoms with Crippen molar-refractivity contribution in [2.24, 2.45) is 0 Å². The van der Waals surface area contributed by atoms with Crippen molar-refractivity contribution in [2.75, 3.05) is 53.0 Å².